The van der Waals surface area contributed by atoms with Gasteiger partial charge in [-0.05, 0) is 0 Å². The molecule has 0 saturated carbocycles. The fraction of sp³-hybridized carbons (Fsp3) is 0.600. The molecule has 24 heavy (non-hydrogen) atoms. The van der Waals surface area contributed by atoms with Gasteiger partial charge in [0, 0.05) is 13.1 Å². The topological polar surface area (TPSA) is 213 Å². The van der Waals surface area contributed by atoms with Gasteiger partial charge in [0.15, 0.2) is 0 Å². The summed E-state index contributed by atoms with van der Waals surface area (Å²) < 4.78 is 22.8. The molecule has 0 aliphatic carbocycles. The van der Waals surface area contributed by atoms with E-state index in [2.05, 4.69) is 0 Å². The van der Waals surface area contributed by atoms with Gasteiger partial charge < -0.3 is 20.4 Å². The molecule has 0 atom stereocenters. The number of aliphatic carboxylic acids is 4. The Hall–Kier alpha value is -2.13. The first kappa shape index (κ1) is 24.1. The number of rotatable bonds is 11. The summed E-state index contributed by atoms with van der Waals surface area (Å²) in [4.78, 5) is 44.4. The van der Waals surface area contributed by atoms with Crippen molar-refractivity contribution in [2.45, 2.75) is 0 Å². The molecule has 0 aliphatic rings. The fourth-order valence-electron chi connectivity index (χ4n) is 1.48. The summed E-state index contributed by atoms with van der Waals surface area (Å²) in [6.07, 6.45) is 0. The molecule has 0 unspecified atom stereocenters. The highest BCUT2D eigenvalue weighted by molar-refractivity contribution is 7.73. The Morgan fingerprint density at radius 3 is 0.917 bits per heavy atom. The van der Waals surface area contributed by atoms with E-state index >= 15 is 0 Å². The van der Waals surface area contributed by atoms with Crippen LogP contribution in [0.5, 0.6) is 0 Å². The lowest BCUT2D eigenvalue weighted by atomic mass is 10.4. The van der Waals surface area contributed by atoms with Gasteiger partial charge in [-0.25, -0.2) is 0 Å². The zero-order valence-electron chi connectivity index (χ0n) is 12.3. The van der Waals surface area contributed by atoms with Crippen molar-refractivity contribution in [1.29, 1.82) is 0 Å². The summed E-state index contributed by atoms with van der Waals surface area (Å²) >= 11 is -2.61. The van der Waals surface area contributed by atoms with Crippen LogP contribution in [0.25, 0.3) is 0 Å². The molecule has 0 amide bonds. The normalized spacial score (nSPS) is 10.4. The Morgan fingerprint density at radius 2 is 0.792 bits per heavy atom. The Balaban J connectivity index is 0. The van der Waals surface area contributed by atoms with Crippen molar-refractivity contribution in [2.75, 3.05) is 39.3 Å². The molecule has 0 radical (unpaired) electrons. The first-order valence-electron chi connectivity index (χ1n) is 6.05. The van der Waals surface area contributed by atoms with E-state index < -0.39 is 61.4 Å². The summed E-state index contributed by atoms with van der Waals surface area (Å²) in [6, 6.07) is 0. The van der Waals surface area contributed by atoms with E-state index in [4.69, 9.17) is 33.7 Å². The second-order valence-corrected chi connectivity index (χ2v) is 4.69. The maximum absolute atomic E-state index is 10.6. The molecule has 6 N–H and O–H groups in total. The van der Waals surface area contributed by atoms with Crippen molar-refractivity contribution in [3.05, 3.63) is 0 Å². The van der Waals surface area contributed by atoms with Crippen LogP contribution in [-0.2, 0) is 30.5 Å². The van der Waals surface area contributed by atoms with Gasteiger partial charge >= 0.3 is 23.9 Å². The third-order valence-electron chi connectivity index (χ3n) is 2.17. The highest BCUT2D eigenvalue weighted by Gasteiger charge is 2.17. The first-order valence-corrected chi connectivity index (χ1v) is 7.12. The van der Waals surface area contributed by atoms with Gasteiger partial charge in [0.25, 0.3) is 11.4 Å². The van der Waals surface area contributed by atoms with Gasteiger partial charge in [0.1, 0.15) is 0 Å². The number of hydrogen-bond acceptors (Lipinski definition) is 7. The Bertz CT molecular complexity index is 398. The maximum Gasteiger partial charge on any atom is 0.317 e. The van der Waals surface area contributed by atoms with Crippen molar-refractivity contribution in [2.24, 2.45) is 0 Å². The average molecular weight is 374 g/mol. The maximum atomic E-state index is 10.6. The quantitative estimate of drug-likeness (QED) is 0.208. The van der Waals surface area contributed by atoms with Gasteiger partial charge in [0.2, 0.25) is 0 Å². The van der Waals surface area contributed by atoms with Crippen molar-refractivity contribution >= 4 is 35.2 Å². The molecule has 140 valence electrons. The molecule has 0 bridgehead atoms. The van der Waals surface area contributed by atoms with Gasteiger partial charge in [-0.3, -0.25) is 38.1 Å². The monoisotopic (exact) mass is 374 g/mol. The van der Waals surface area contributed by atoms with Crippen LogP contribution in [-0.4, -0.2) is 107 Å². The molecule has 0 aromatic rings. The third-order valence-corrected chi connectivity index (χ3v) is 2.17. The molecular formula is C10H18N2O11S. The minimum atomic E-state index is -2.61. The lowest BCUT2D eigenvalue weighted by molar-refractivity contribution is -0.145. The molecule has 0 aromatic carbocycles. The zero-order chi connectivity index (χ0) is 19.3. The van der Waals surface area contributed by atoms with Crippen molar-refractivity contribution in [3.8, 4) is 0 Å². The second kappa shape index (κ2) is 13.3. The summed E-state index contributed by atoms with van der Waals surface area (Å²) in [6.45, 7) is -2.25. The lowest BCUT2D eigenvalue weighted by Gasteiger charge is -2.23. The van der Waals surface area contributed by atoms with Gasteiger partial charge in [-0.1, -0.05) is 0 Å². The average Bonchev–Trinajstić information content (AvgIpc) is 2.32. The summed E-state index contributed by atoms with van der Waals surface area (Å²) in [5.74, 6) is -4.91. The van der Waals surface area contributed by atoms with Crippen LogP contribution in [0.4, 0.5) is 0 Å². The van der Waals surface area contributed by atoms with Crippen LogP contribution in [0.3, 0.4) is 0 Å². The number of carboxylic acid groups (broad SMARTS) is 4. The summed E-state index contributed by atoms with van der Waals surface area (Å²) in [7, 11) is 0. The SMILES string of the molecule is O=C(O)CN(CCN(CC(=O)O)CC(=O)O)CC(=O)O.O=S(O)O. The molecule has 0 fully saturated rings. The fourth-order valence-corrected chi connectivity index (χ4v) is 1.48. The lowest BCUT2D eigenvalue weighted by Crippen LogP contribution is -2.43. The summed E-state index contributed by atoms with van der Waals surface area (Å²) in [5.41, 5.74) is 0. The predicted molar refractivity (Wildman–Crippen MR) is 76.8 cm³/mol. The molecule has 0 heterocycles. The van der Waals surface area contributed by atoms with Gasteiger partial charge in [0.05, 0.1) is 26.2 Å². The minimum absolute atomic E-state index is 0.0703. The molecule has 13 nitrogen and oxygen atoms in total. The van der Waals surface area contributed by atoms with E-state index in [9.17, 15) is 19.2 Å². The zero-order valence-corrected chi connectivity index (χ0v) is 13.1. The number of hydrogen-bond donors (Lipinski definition) is 6. The van der Waals surface area contributed by atoms with E-state index in [-0.39, 0.29) is 13.1 Å². The van der Waals surface area contributed by atoms with E-state index in [0.29, 0.717) is 0 Å². The van der Waals surface area contributed by atoms with Gasteiger partial charge in [-0.15, -0.1) is 0 Å². The van der Waals surface area contributed by atoms with Crippen LogP contribution in [0.2, 0.25) is 0 Å². The first-order chi connectivity index (χ1) is 10.9. The second-order valence-electron chi connectivity index (χ2n) is 4.23. The Labute approximate surface area is 138 Å². The Morgan fingerprint density at radius 1 is 0.625 bits per heavy atom. The van der Waals surface area contributed by atoms with Crippen LogP contribution in [0.1, 0.15) is 0 Å². The number of carbonyl (C=O) groups is 4. The number of carboxylic acids is 4. The van der Waals surface area contributed by atoms with E-state index in [1.54, 1.807) is 0 Å². The highest BCUT2D eigenvalue weighted by Crippen LogP contribution is 1.94. The van der Waals surface area contributed by atoms with Gasteiger partial charge in [-0.2, -0.15) is 4.21 Å². The number of nitrogens with zero attached hydrogens (tertiary/aromatic N) is 2. The smallest absolute Gasteiger partial charge is 0.317 e. The van der Waals surface area contributed by atoms with E-state index in [0.717, 1.165) is 9.80 Å². The third kappa shape index (κ3) is 19.9. The Kier molecular flexibility index (Phi) is 13.4. The van der Waals surface area contributed by atoms with Crippen LogP contribution < -0.4 is 0 Å². The molecule has 0 spiro atoms. The predicted octanol–water partition coefficient (Wildman–Crippen LogP) is -2.39. The van der Waals surface area contributed by atoms with Crippen molar-refractivity contribution in [1.82, 2.24) is 9.80 Å². The standard InChI is InChI=1S/C10H16N2O8.H2O3S/c13-7(14)3-11(4-8(15)16)1-2-12(5-9(17)18)6-10(19)20;1-4(2)3/h1-6H2,(H,13,14)(H,15,16)(H,17,18)(H,19,20);(H2,1,2,3). The largest absolute Gasteiger partial charge is 0.480 e. The molecule has 14 heteroatoms. The van der Waals surface area contributed by atoms with Crippen molar-refractivity contribution in [3.63, 3.8) is 0 Å². The summed E-state index contributed by atoms with van der Waals surface area (Å²) in [5, 5.41) is 34.5. The molecular weight excluding hydrogens is 356 g/mol. The molecule has 0 aliphatic heterocycles. The van der Waals surface area contributed by atoms with Crippen LogP contribution >= 0.6 is 0 Å². The molecule has 0 aromatic heterocycles. The molecule has 0 saturated heterocycles. The van der Waals surface area contributed by atoms with Crippen molar-refractivity contribution < 1.29 is 52.9 Å². The van der Waals surface area contributed by atoms with E-state index in [1.165, 1.54) is 0 Å². The highest BCUT2D eigenvalue weighted by atomic mass is 32.2. The van der Waals surface area contributed by atoms with Crippen LogP contribution in [0.15, 0.2) is 0 Å². The van der Waals surface area contributed by atoms with E-state index in [1.807, 2.05) is 0 Å². The minimum Gasteiger partial charge on any atom is -0.480 e. The van der Waals surface area contributed by atoms with Crippen LogP contribution in [0, 0.1) is 0 Å². The molecule has 0 rings (SSSR count).